The Balaban J connectivity index is 1.99. The van der Waals surface area contributed by atoms with E-state index in [9.17, 15) is 9.18 Å². The van der Waals surface area contributed by atoms with Gasteiger partial charge in [-0.3, -0.25) is 0 Å². The van der Waals surface area contributed by atoms with Gasteiger partial charge >= 0.3 is 5.97 Å². The van der Waals surface area contributed by atoms with Crippen LogP contribution in [0.1, 0.15) is 15.9 Å². The van der Waals surface area contributed by atoms with Crippen LogP contribution in [0.5, 0.6) is 5.75 Å². The first-order chi connectivity index (χ1) is 9.19. The largest absolute Gasteiger partial charge is 0.497 e. The van der Waals surface area contributed by atoms with Crippen molar-refractivity contribution in [3.8, 4) is 5.75 Å². The van der Waals surface area contributed by atoms with Crippen LogP contribution < -0.4 is 4.74 Å². The Bertz CT molecular complexity index is 564. The maximum atomic E-state index is 12.7. The van der Waals surface area contributed by atoms with E-state index in [1.807, 2.05) is 0 Å². The number of benzene rings is 2. The highest BCUT2D eigenvalue weighted by molar-refractivity contribution is 5.89. The summed E-state index contributed by atoms with van der Waals surface area (Å²) in [6, 6.07) is 12.5. The third kappa shape index (κ3) is 3.55. The van der Waals surface area contributed by atoms with Crippen LogP contribution in [0.25, 0.3) is 0 Å². The third-order valence-corrected chi connectivity index (χ3v) is 2.59. The molecule has 3 nitrogen and oxygen atoms in total. The van der Waals surface area contributed by atoms with E-state index in [4.69, 9.17) is 9.47 Å². The van der Waals surface area contributed by atoms with Gasteiger partial charge in [0, 0.05) is 0 Å². The topological polar surface area (TPSA) is 35.5 Å². The molecule has 0 bridgehead atoms. The standard InChI is InChI=1S/C15H13FO3/c1-18-14-4-2-3-12(9-14)15(17)19-10-11-5-7-13(16)8-6-11/h2-9H,10H2,1H3. The number of hydrogen-bond acceptors (Lipinski definition) is 3. The summed E-state index contributed by atoms with van der Waals surface area (Å²) in [6.45, 7) is 0.107. The van der Waals surface area contributed by atoms with Gasteiger partial charge in [0.15, 0.2) is 0 Å². The predicted octanol–water partition coefficient (Wildman–Crippen LogP) is 3.19. The summed E-state index contributed by atoms with van der Waals surface area (Å²) in [4.78, 5) is 11.8. The maximum absolute atomic E-state index is 12.7. The van der Waals surface area contributed by atoms with E-state index in [1.54, 1.807) is 36.4 Å². The lowest BCUT2D eigenvalue weighted by molar-refractivity contribution is 0.0472. The van der Waals surface area contributed by atoms with Gasteiger partial charge in [-0.2, -0.15) is 0 Å². The molecule has 0 aliphatic rings. The number of carbonyl (C=O) groups excluding carboxylic acids is 1. The minimum atomic E-state index is -0.441. The highest BCUT2D eigenvalue weighted by Crippen LogP contribution is 2.14. The monoisotopic (exact) mass is 260 g/mol. The van der Waals surface area contributed by atoms with E-state index in [-0.39, 0.29) is 12.4 Å². The normalized spacial score (nSPS) is 10.0. The first-order valence-corrected chi connectivity index (χ1v) is 5.74. The second-order valence-corrected chi connectivity index (χ2v) is 3.93. The highest BCUT2D eigenvalue weighted by atomic mass is 19.1. The van der Waals surface area contributed by atoms with Crippen molar-refractivity contribution in [3.63, 3.8) is 0 Å². The van der Waals surface area contributed by atoms with E-state index in [0.717, 1.165) is 5.56 Å². The zero-order valence-electron chi connectivity index (χ0n) is 10.4. The summed E-state index contributed by atoms with van der Waals surface area (Å²) >= 11 is 0. The van der Waals surface area contributed by atoms with E-state index < -0.39 is 5.97 Å². The summed E-state index contributed by atoms with van der Waals surface area (Å²) in [7, 11) is 1.53. The number of halogens is 1. The van der Waals surface area contributed by atoms with Crippen molar-refractivity contribution in [2.75, 3.05) is 7.11 Å². The molecule has 0 aliphatic heterocycles. The molecule has 0 saturated carbocycles. The van der Waals surface area contributed by atoms with Crippen molar-refractivity contribution >= 4 is 5.97 Å². The van der Waals surface area contributed by atoms with Crippen LogP contribution in [0.4, 0.5) is 4.39 Å². The summed E-state index contributed by atoms with van der Waals surface area (Å²) in [5.74, 6) is -0.165. The molecule has 2 aromatic rings. The van der Waals surface area contributed by atoms with Crippen LogP contribution >= 0.6 is 0 Å². The fourth-order valence-electron chi connectivity index (χ4n) is 1.56. The number of methoxy groups -OCH3 is 1. The Morgan fingerprint density at radius 2 is 1.89 bits per heavy atom. The van der Waals surface area contributed by atoms with Crippen LogP contribution in [-0.4, -0.2) is 13.1 Å². The predicted molar refractivity (Wildman–Crippen MR) is 68.5 cm³/mol. The Morgan fingerprint density at radius 1 is 1.16 bits per heavy atom. The van der Waals surface area contributed by atoms with Crippen molar-refractivity contribution in [1.29, 1.82) is 0 Å². The molecule has 4 heteroatoms. The smallest absolute Gasteiger partial charge is 0.338 e. The molecule has 0 atom stereocenters. The molecule has 0 fully saturated rings. The first-order valence-electron chi connectivity index (χ1n) is 5.74. The third-order valence-electron chi connectivity index (χ3n) is 2.59. The molecule has 2 rings (SSSR count). The number of hydrogen-bond donors (Lipinski definition) is 0. The van der Waals surface area contributed by atoms with Gasteiger partial charge in [0.25, 0.3) is 0 Å². The minimum absolute atomic E-state index is 0.107. The molecule has 0 unspecified atom stereocenters. The van der Waals surface area contributed by atoms with Crippen LogP contribution in [0, 0.1) is 5.82 Å². The van der Waals surface area contributed by atoms with Crippen molar-refractivity contribution < 1.29 is 18.7 Å². The molecule has 0 saturated heterocycles. The minimum Gasteiger partial charge on any atom is -0.497 e. The molecule has 0 aromatic heterocycles. The van der Waals surface area contributed by atoms with Crippen molar-refractivity contribution in [2.24, 2.45) is 0 Å². The van der Waals surface area contributed by atoms with Crippen LogP contribution in [0.15, 0.2) is 48.5 Å². The van der Waals surface area contributed by atoms with Crippen LogP contribution in [0.3, 0.4) is 0 Å². The van der Waals surface area contributed by atoms with Gasteiger partial charge in [-0.05, 0) is 35.9 Å². The lowest BCUT2D eigenvalue weighted by Gasteiger charge is -2.06. The van der Waals surface area contributed by atoms with Gasteiger partial charge < -0.3 is 9.47 Å². The average molecular weight is 260 g/mol. The molecular weight excluding hydrogens is 247 g/mol. The summed E-state index contributed by atoms with van der Waals surface area (Å²) in [5, 5.41) is 0. The number of esters is 1. The molecule has 0 N–H and O–H groups in total. The Kier molecular flexibility index (Phi) is 4.13. The van der Waals surface area contributed by atoms with Gasteiger partial charge in [0.05, 0.1) is 12.7 Å². The van der Waals surface area contributed by atoms with Crippen LogP contribution in [-0.2, 0) is 11.3 Å². The van der Waals surface area contributed by atoms with Gasteiger partial charge in [-0.1, -0.05) is 18.2 Å². The number of carbonyl (C=O) groups is 1. The van der Waals surface area contributed by atoms with Crippen LogP contribution in [0.2, 0.25) is 0 Å². The molecule has 0 radical (unpaired) electrons. The fraction of sp³-hybridized carbons (Fsp3) is 0.133. The molecule has 0 spiro atoms. The average Bonchev–Trinajstić information content (AvgIpc) is 2.46. The number of ether oxygens (including phenoxy) is 2. The zero-order chi connectivity index (χ0) is 13.7. The molecule has 98 valence electrons. The fourth-order valence-corrected chi connectivity index (χ4v) is 1.56. The van der Waals surface area contributed by atoms with Gasteiger partial charge in [0.2, 0.25) is 0 Å². The summed E-state index contributed by atoms with van der Waals surface area (Å²) < 4.78 is 22.9. The quantitative estimate of drug-likeness (QED) is 0.792. The van der Waals surface area contributed by atoms with E-state index in [2.05, 4.69) is 0 Å². The van der Waals surface area contributed by atoms with Gasteiger partial charge in [-0.15, -0.1) is 0 Å². The highest BCUT2D eigenvalue weighted by Gasteiger charge is 2.08. The lowest BCUT2D eigenvalue weighted by atomic mass is 10.2. The van der Waals surface area contributed by atoms with Crippen molar-refractivity contribution in [3.05, 3.63) is 65.5 Å². The van der Waals surface area contributed by atoms with E-state index in [1.165, 1.54) is 19.2 Å². The molecular formula is C15H13FO3. The Hall–Kier alpha value is -2.36. The first kappa shape index (κ1) is 13.1. The maximum Gasteiger partial charge on any atom is 0.338 e. The second-order valence-electron chi connectivity index (χ2n) is 3.93. The SMILES string of the molecule is COc1cccc(C(=O)OCc2ccc(F)cc2)c1. The molecule has 19 heavy (non-hydrogen) atoms. The molecule has 2 aromatic carbocycles. The Labute approximate surface area is 110 Å². The lowest BCUT2D eigenvalue weighted by Crippen LogP contribution is -2.05. The summed E-state index contributed by atoms with van der Waals surface area (Å²) in [5.41, 5.74) is 1.15. The van der Waals surface area contributed by atoms with E-state index >= 15 is 0 Å². The molecule has 0 aliphatic carbocycles. The van der Waals surface area contributed by atoms with Crippen molar-refractivity contribution in [2.45, 2.75) is 6.61 Å². The zero-order valence-corrected chi connectivity index (χ0v) is 10.4. The van der Waals surface area contributed by atoms with Crippen molar-refractivity contribution in [1.82, 2.24) is 0 Å². The van der Waals surface area contributed by atoms with Gasteiger partial charge in [0.1, 0.15) is 18.2 Å². The van der Waals surface area contributed by atoms with E-state index in [0.29, 0.717) is 11.3 Å². The molecule has 0 heterocycles. The number of rotatable bonds is 4. The molecule has 0 amide bonds. The summed E-state index contributed by atoms with van der Waals surface area (Å²) in [6.07, 6.45) is 0. The second kappa shape index (κ2) is 6.00. The Morgan fingerprint density at radius 3 is 2.58 bits per heavy atom. The van der Waals surface area contributed by atoms with Gasteiger partial charge in [-0.25, -0.2) is 9.18 Å².